The molecule has 6 atom stereocenters. The molecule has 1 aromatic rings. The fraction of sp³-hybridized carbons (Fsp3) is 0.750. The topological polar surface area (TPSA) is 97.3 Å². The highest BCUT2D eigenvalue weighted by Crippen LogP contribution is 2.71. The molecule has 6 rings (SSSR count). The fourth-order valence-electron chi connectivity index (χ4n) is 9.58. The number of alkyl carbamates (subject to hydrolysis) is 1. The van der Waals surface area contributed by atoms with Gasteiger partial charge in [-0.3, -0.25) is 0 Å². The molecule has 5 aliphatic rings. The van der Waals surface area contributed by atoms with Crippen LogP contribution in [0.3, 0.4) is 0 Å². The Labute approximate surface area is 278 Å². The lowest BCUT2D eigenvalue weighted by Crippen LogP contribution is -2.65. The van der Waals surface area contributed by atoms with Crippen LogP contribution in [0, 0.1) is 22.7 Å². The monoisotopic (exact) mass is 685 g/mol. The third kappa shape index (κ3) is 5.66. The van der Waals surface area contributed by atoms with Gasteiger partial charge < -0.3 is 29.7 Å². The number of nitrogens with one attached hydrogen (secondary N) is 1. The van der Waals surface area contributed by atoms with Crippen LogP contribution in [0.4, 0.5) is 26.7 Å². The normalized spacial score (nSPS) is 36.0. The smallest absolute Gasteiger partial charge is 0.445 e. The molecule has 268 valence electrons. The summed E-state index contributed by atoms with van der Waals surface area (Å²) in [4.78, 5) is 12.0. The number of halogens is 5. The fourth-order valence-corrected chi connectivity index (χ4v) is 9.58. The van der Waals surface area contributed by atoms with Crippen molar-refractivity contribution in [2.24, 2.45) is 22.7 Å². The molecule has 4 aliphatic carbocycles. The molecule has 1 aromatic carbocycles. The first-order valence-corrected chi connectivity index (χ1v) is 17.1. The Morgan fingerprint density at radius 2 is 1.65 bits per heavy atom. The molecule has 4 fully saturated rings. The Morgan fingerprint density at radius 3 is 2.25 bits per heavy atom. The van der Waals surface area contributed by atoms with Crippen LogP contribution >= 0.6 is 0 Å². The highest BCUT2D eigenvalue weighted by Gasteiger charge is 2.79. The van der Waals surface area contributed by atoms with E-state index in [2.05, 4.69) is 5.32 Å². The van der Waals surface area contributed by atoms with Gasteiger partial charge in [0.25, 0.3) is 0 Å². The van der Waals surface area contributed by atoms with E-state index in [4.69, 9.17) is 14.2 Å². The summed E-state index contributed by atoms with van der Waals surface area (Å²) in [6.45, 7) is 10.0. The molecule has 7 nitrogen and oxygen atoms in total. The number of alkyl halides is 5. The Balaban J connectivity index is 1.39. The lowest BCUT2D eigenvalue weighted by Gasteiger charge is -2.59. The molecule has 1 amide bonds. The van der Waals surface area contributed by atoms with Crippen molar-refractivity contribution in [1.29, 1.82) is 0 Å². The van der Waals surface area contributed by atoms with Crippen LogP contribution in [-0.4, -0.2) is 64.6 Å². The lowest BCUT2D eigenvalue weighted by atomic mass is 9.49. The molecule has 0 radical (unpaired) electrons. The van der Waals surface area contributed by atoms with Crippen molar-refractivity contribution in [3.05, 3.63) is 46.5 Å². The van der Waals surface area contributed by atoms with Gasteiger partial charge in [0.15, 0.2) is 5.79 Å². The van der Waals surface area contributed by atoms with E-state index in [1.165, 1.54) is 6.92 Å². The summed E-state index contributed by atoms with van der Waals surface area (Å²) in [5.74, 6) is -7.93. The highest BCUT2D eigenvalue weighted by atomic mass is 19.4. The maximum Gasteiger partial charge on any atom is 0.456 e. The molecule has 1 spiro atoms. The summed E-state index contributed by atoms with van der Waals surface area (Å²) < 4.78 is 90.3. The van der Waals surface area contributed by atoms with Gasteiger partial charge in [-0.1, -0.05) is 50.6 Å². The van der Waals surface area contributed by atoms with Crippen LogP contribution in [0.1, 0.15) is 103 Å². The van der Waals surface area contributed by atoms with E-state index >= 15 is 8.78 Å². The average Bonchev–Trinajstić information content (AvgIpc) is 3.27. The minimum absolute atomic E-state index is 0.0178. The molecule has 1 aliphatic heterocycles. The second-order valence-corrected chi connectivity index (χ2v) is 16.3. The van der Waals surface area contributed by atoms with Crippen LogP contribution < -0.4 is 5.32 Å². The van der Waals surface area contributed by atoms with Gasteiger partial charge in [-0.2, -0.15) is 22.0 Å². The third-order valence-corrected chi connectivity index (χ3v) is 12.1. The van der Waals surface area contributed by atoms with Crippen LogP contribution in [0.25, 0.3) is 0 Å². The zero-order valence-electron chi connectivity index (χ0n) is 28.3. The molecule has 48 heavy (non-hydrogen) atoms. The van der Waals surface area contributed by atoms with Crippen LogP contribution in [0.15, 0.2) is 35.4 Å². The number of allylic oxidation sites excluding steroid dienone is 1. The predicted octanol–water partition coefficient (Wildman–Crippen LogP) is 7.54. The first kappa shape index (κ1) is 35.5. The van der Waals surface area contributed by atoms with E-state index < -0.39 is 64.8 Å². The quantitative estimate of drug-likeness (QED) is 0.219. The number of hydrogen-bond donors (Lipinski definition) is 3. The van der Waals surface area contributed by atoms with Gasteiger partial charge in [0.2, 0.25) is 0 Å². The SMILES string of the molecule is CC(C)NC(=O)OCc1ccc([C@H]2C[C@@]3(C)C(CC[C@@]3(O)C(F)(F)C(F)(F)F)C3CCC4(O)CC5(CCC4=C32)OCC(C)(C)CO5)cc1. The Bertz CT molecular complexity index is 1430. The second kappa shape index (κ2) is 11.6. The van der Waals surface area contributed by atoms with Gasteiger partial charge >= 0.3 is 18.2 Å². The van der Waals surface area contributed by atoms with Crippen molar-refractivity contribution >= 4 is 6.09 Å². The Kier molecular flexibility index (Phi) is 8.61. The number of fused-ring (bicyclic) bond motifs is 4. The van der Waals surface area contributed by atoms with Gasteiger partial charge in [0, 0.05) is 35.6 Å². The van der Waals surface area contributed by atoms with Gasteiger partial charge in [-0.05, 0) is 80.9 Å². The standard InChI is InChI=1S/C36H48F5NO6/c1-21(2)42-29(43)46-17-22-6-8-23(9-7-22)25-16-31(5)26(12-15-34(31,45)35(37,38)36(39,40)41)24-10-13-32(44)18-33(14-11-27(32)28(24)25)47-19-30(3,4)20-48-33/h6-9,21,24-26,44-45H,10-20H2,1-5H3,(H,42,43)/t24?,25-,26?,31+,32?,34+/m1/s1. The number of aliphatic hydroxyl groups is 2. The van der Waals surface area contributed by atoms with Crippen molar-refractivity contribution in [3.63, 3.8) is 0 Å². The second-order valence-electron chi connectivity index (χ2n) is 16.3. The van der Waals surface area contributed by atoms with Gasteiger partial charge in [0.1, 0.15) is 12.2 Å². The third-order valence-electron chi connectivity index (χ3n) is 12.1. The molecular weight excluding hydrogens is 637 g/mol. The molecule has 1 heterocycles. The molecule has 3 saturated carbocycles. The van der Waals surface area contributed by atoms with E-state index in [1.807, 2.05) is 13.8 Å². The van der Waals surface area contributed by atoms with Gasteiger partial charge in [0.05, 0.1) is 18.8 Å². The summed E-state index contributed by atoms with van der Waals surface area (Å²) in [5, 5.41) is 26.5. The number of rotatable bonds is 5. The van der Waals surface area contributed by atoms with Crippen molar-refractivity contribution in [1.82, 2.24) is 5.32 Å². The maximum absolute atomic E-state index is 15.4. The molecule has 0 aromatic heterocycles. The predicted molar refractivity (Wildman–Crippen MR) is 166 cm³/mol. The number of hydrogen-bond acceptors (Lipinski definition) is 6. The highest BCUT2D eigenvalue weighted by molar-refractivity contribution is 5.67. The number of ether oxygens (including phenoxy) is 3. The molecule has 3 N–H and O–H groups in total. The van der Waals surface area contributed by atoms with Crippen LogP contribution in [0.2, 0.25) is 0 Å². The van der Waals surface area contributed by atoms with Gasteiger partial charge in [-0.15, -0.1) is 0 Å². The Hall–Kier alpha value is -2.28. The molecule has 12 heteroatoms. The maximum atomic E-state index is 15.4. The Morgan fingerprint density at radius 1 is 1.00 bits per heavy atom. The van der Waals surface area contributed by atoms with E-state index in [0.717, 1.165) is 11.1 Å². The average molecular weight is 686 g/mol. The summed E-state index contributed by atoms with van der Waals surface area (Å²) in [6, 6.07) is 6.94. The number of carbonyl (C=O) groups excluding carboxylic acids is 1. The van der Waals surface area contributed by atoms with Crippen molar-refractivity contribution < 1.29 is 51.2 Å². The number of benzene rings is 1. The van der Waals surface area contributed by atoms with E-state index in [9.17, 15) is 28.2 Å². The van der Waals surface area contributed by atoms with E-state index in [1.54, 1.807) is 38.1 Å². The van der Waals surface area contributed by atoms with Gasteiger partial charge in [-0.25, -0.2) is 4.79 Å². The first-order chi connectivity index (χ1) is 22.2. The minimum Gasteiger partial charge on any atom is -0.445 e. The van der Waals surface area contributed by atoms with Crippen molar-refractivity contribution in [2.75, 3.05) is 13.2 Å². The molecule has 0 bridgehead atoms. The molecule has 1 saturated heterocycles. The van der Waals surface area contributed by atoms with E-state index in [0.29, 0.717) is 43.6 Å². The molecular formula is C36H48F5NO6. The summed E-state index contributed by atoms with van der Waals surface area (Å²) in [6.07, 6.45) is -5.51. The minimum atomic E-state index is -5.92. The zero-order chi connectivity index (χ0) is 35.1. The zero-order valence-corrected chi connectivity index (χ0v) is 28.3. The summed E-state index contributed by atoms with van der Waals surface area (Å²) >= 11 is 0. The van der Waals surface area contributed by atoms with E-state index in [-0.39, 0.29) is 43.7 Å². The lowest BCUT2D eigenvalue weighted by molar-refractivity contribution is -0.362. The number of carbonyl (C=O) groups is 1. The summed E-state index contributed by atoms with van der Waals surface area (Å²) in [7, 11) is 0. The largest absolute Gasteiger partial charge is 0.456 e. The summed E-state index contributed by atoms with van der Waals surface area (Å²) in [5.41, 5.74) is -3.50. The van der Waals surface area contributed by atoms with Crippen LogP contribution in [-0.2, 0) is 20.8 Å². The van der Waals surface area contributed by atoms with Crippen molar-refractivity contribution in [2.45, 2.75) is 134 Å². The first-order valence-electron chi connectivity index (χ1n) is 17.1. The van der Waals surface area contributed by atoms with Crippen LogP contribution in [0.5, 0.6) is 0 Å². The van der Waals surface area contributed by atoms with Crippen molar-refractivity contribution in [3.8, 4) is 0 Å². The number of amides is 1. The molecule has 3 unspecified atom stereocenters.